The zero-order chi connectivity index (χ0) is 39.4. The number of halogens is 1. The molecule has 2 heterocycles. The molecule has 2 aliphatic rings. The van der Waals surface area contributed by atoms with Gasteiger partial charge in [0.25, 0.3) is 5.91 Å². The zero-order valence-electron chi connectivity index (χ0n) is 32.6. The van der Waals surface area contributed by atoms with Crippen molar-refractivity contribution in [2.45, 2.75) is 63.6 Å². The van der Waals surface area contributed by atoms with Crippen LogP contribution < -0.4 is 43.8 Å². The molecular formula is C43H50ClN3O9. The Morgan fingerprint density at radius 1 is 0.643 bits per heavy atom. The summed E-state index contributed by atoms with van der Waals surface area (Å²) in [5, 5.41) is 11.2. The molecule has 2 aliphatic heterocycles. The smallest absolute Gasteiger partial charge is 0.255 e. The lowest BCUT2D eigenvalue weighted by Crippen LogP contribution is -2.38. The van der Waals surface area contributed by atoms with Gasteiger partial charge in [-0.2, -0.15) is 0 Å². The maximum atomic E-state index is 12.7. The molecule has 12 nitrogen and oxygen atoms in total. The molecule has 0 saturated carbocycles. The van der Waals surface area contributed by atoms with Gasteiger partial charge in [-0.1, -0.05) is 54.9 Å². The van der Waals surface area contributed by atoms with Crippen LogP contribution in [0.4, 0.5) is 5.69 Å². The second-order valence-electron chi connectivity index (χ2n) is 13.5. The first kappa shape index (κ1) is 40.2. The fourth-order valence-corrected chi connectivity index (χ4v) is 6.99. The number of fused-ring (bicyclic) bond motifs is 1. The summed E-state index contributed by atoms with van der Waals surface area (Å²) in [5.74, 6) is 4.14. The van der Waals surface area contributed by atoms with E-state index in [4.69, 9.17) is 49.6 Å². The molecule has 0 saturated heterocycles. The average molecular weight is 788 g/mol. The number of carbonyl (C=O) groups excluding carboxylic acids is 1. The summed E-state index contributed by atoms with van der Waals surface area (Å²) in [7, 11) is 8.02. The molecule has 56 heavy (non-hydrogen) atoms. The number of methoxy groups -OCH3 is 5. The molecule has 0 bridgehead atoms. The second-order valence-corrected chi connectivity index (χ2v) is 13.9. The van der Waals surface area contributed by atoms with Crippen LogP contribution in [-0.4, -0.2) is 60.4 Å². The van der Waals surface area contributed by atoms with Gasteiger partial charge < -0.3 is 48.6 Å². The van der Waals surface area contributed by atoms with Crippen molar-refractivity contribution >= 4 is 28.9 Å². The van der Waals surface area contributed by atoms with Gasteiger partial charge in [-0.25, -0.2) is 0 Å². The third-order valence-electron chi connectivity index (χ3n) is 9.85. The van der Waals surface area contributed by atoms with Gasteiger partial charge in [0.2, 0.25) is 5.75 Å². The number of oxime groups is 1. The SMILES string of the molecule is COc1cc(C2NC(=O)c3cc(Cl)ccc3N2)ccc1OCCCCCCCCCOc1cc(C2=NOC(c3cc(OC)c(OC)c(OC)c3)C2)ccc1OC. The van der Waals surface area contributed by atoms with Crippen LogP contribution >= 0.6 is 11.6 Å². The minimum Gasteiger partial charge on any atom is -0.493 e. The number of rotatable bonds is 20. The first-order chi connectivity index (χ1) is 27.3. The maximum absolute atomic E-state index is 12.7. The number of nitrogens with zero attached hydrogens (tertiary/aromatic N) is 1. The Balaban J connectivity index is 0.881. The van der Waals surface area contributed by atoms with Gasteiger partial charge in [0, 0.05) is 28.3 Å². The molecule has 6 rings (SSSR count). The van der Waals surface area contributed by atoms with Crippen LogP contribution in [0.3, 0.4) is 0 Å². The van der Waals surface area contributed by atoms with Crippen molar-refractivity contribution in [1.82, 2.24) is 5.32 Å². The standard InChI is InChI=1S/C43H50ClN3O9/c1-49-34-17-13-27(33-26-36(56-47-33)29-23-39(51-3)41(53-5)40(24-29)52-4)21-38(34)55-20-12-10-8-6-7-9-11-19-54-35-18-14-28(22-37(35)50-2)42-45-32-16-15-30(44)25-31(32)43(48)46-42/h13-18,21-25,36,42,45H,6-12,19-20,26H2,1-5H3,(H,46,48). The van der Waals surface area contributed by atoms with Crippen LogP contribution in [0.1, 0.15) is 90.7 Å². The first-order valence-electron chi connectivity index (χ1n) is 18.9. The molecule has 0 aliphatic carbocycles. The summed E-state index contributed by atoms with van der Waals surface area (Å²) in [6.45, 7) is 1.19. The number of hydrogen-bond donors (Lipinski definition) is 2. The average Bonchev–Trinajstić information content (AvgIpc) is 3.73. The van der Waals surface area contributed by atoms with E-state index in [1.807, 2.05) is 54.6 Å². The summed E-state index contributed by atoms with van der Waals surface area (Å²) in [6, 6.07) is 20.5. The van der Waals surface area contributed by atoms with Gasteiger partial charge in [0.1, 0.15) is 6.17 Å². The Morgan fingerprint density at radius 2 is 1.27 bits per heavy atom. The Bertz CT molecular complexity index is 1980. The molecule has 0 aromatic heterocycles. The Hall–Kier alpha value is -5.49. The van der Waals surface area contributed by atoms with Crippen molar-refractivity contribution in [3.05, 3.63) is 94.0 Å². The molecule has 13 heteroatoms. The number of carbonyl (C=O) groups is 1. The van der Waals surface area contributed by atoms with Crippen molar-refractivity contribution in [2.24, 2.45) is 5.16 Å². The third-order valence-corrected chi connectivity index (χ3v) is 10.1. The molecule has 2 atom stereocenters. The van der Waals surface area contributed by atoms with E-state index < -0.39 is 6.17 Å². The molecule has 0 fully saturated rings. The lowest BCUT2D eigenvalue weighted by molar-refractivity contribution is 0.0853. The molecular weight excluding hydrogens is 738 g/mol. The highest BCUT2D eigenvalue weighted by atomic mass is 35.5. The summed E-state index contributed by atoms with van der Waals surface area (Å²) in [5.41, 5.74) is 4.73. The fraction of sp³-hybridized carbons (Fsp3) is 0.395. The van der Waals surface area contributed by atoms with Crippen LogP contribution in [0, 0.1) is 0 Å². The molecule has 4 aromatic carbocycles. The Labute approximate surface area is 333 Å². The summed E-state index contributed by atoms with van der Waals surface area (Å²) in [6.07, 6.45) is 7.36. The van der Waals surface area contributed by atoms with Gasteiger partial charge in [0.15, 0.2) is 40.6 Å². The maximum Gasteiger partial charge on any atom is 0.255 e. The topological polar surface area (TPSA) is 127 Å². The Kier molecular flexibility index (Phi) is 13.9. The largest absolute Gasteiger partial charge is 0.493 e. The number of benzene rings is 4. The van der Waals surface area contributed by atoms with E-state index in [2.05, 4.69) is 15.8 Å². The highest BCUT2D eigenvalue weighted by molar-refractivity contribution is 6.31. The molecule has 1 amide bonds. The van der Waals surface area contributed by atoms with E-state index in [9.17, 15) is 4.79 Å². The minimum atomic E-state index is -0.398. The predicted octanol–water partition coefficient (Wildman–Crippen LogP) is 9.29. The lowest BCUT2D eigenvalue weighted by atomic mass is 9.99. The van der Waals surface area contributed by atoms with E-state index >= 15 is 0 Å². The third kappa shape index (κ3) is 9.65. The van der Waals surface area contributed by atoms with Crippen LogP contribution in [0.5, 0.6) is 40.2 Å². The van der Waals surface area contributed by atoms with E-state index in [0.29, 0.717) is 70.5 Å². The first-order valence-corrected chi connectivity index (χ1v) is 19.2. The number of ether oxygens (including phenoxy) is 7. The molecule has 4 aromatic rings. The predicted molar refractivity (Wildman–Crippen MR) is 216 cm³/mol. The van der Waals surface area contributed by atoms with E-state index in [1.54, 1.807) is 47.7 Å². The molecule has 298 valence electrons. The van der Waals surface area contributed by atoms with E-state index in [-0.39, 0.29) is 12.0 Å². The van der Waals surface area contributed by atoms with Crippen LogP contribution in [0.15, 0.2) is 71.9 Å². The quantitative estimate of drug-likeness (QED) is 0.0837. The monoisotopic (exact) mass is 787 g/mol. The molecule has 2 N–H and O–H groups in total. The van der Waals surface area contributed by atoms with Crippen LogP contribution in [-0.2, 0) is 4.84 Å². The molecule has 2 unspecified atom stereocenters. The van der Waals surface area contributed by atoms with E-state index in [1.165, 1.54) is 0 Å². The number of unbranched alkanes of at least 4 members (excludes halogenated alkanes) is 6. The Morgan fingerprint density at radius 3 is 1.93 bits per heavy atom. The summed E-state index contributed by atoms with van der Waals surface area (Å²) >= 11 is 6.07. The van der Waals surface area contributed by atoms with Crippen molar-refractivity contribution in [3.63, 3.8) is 0 Å². The number of amides is 1. The number of nitrogens with one attached hydrogen (secondary N) is 2. The zero-order valence-corrected chi connectivity index (χ0v) is 33.3. The van der Waals surface area contributed by atoms with E-state index in [0.717, 1.165) is 73.0 Å². The van der Waals surface area contributed by atoms with Crippen LogP contribution in [0.2, 0.25) is 5.02 Å². The van der Waals surface area contributed by atoms with Crippen molar-refractivity contribution in [3.8, 4) is 40.2 Å². The van der Waals surface area contributed by atoms with Crippen molar-refractivity contribution < 1.29 is 42.8 Å². The van der Waals surface area contributed by atoms with Gasteiger partial charge in [-0.3, -0.25) is 4.79 Å². The fourth-order valence-electron chi connectivity index (χ4n) is 6.82. The summed E-state index contributed by atoms with van der Waals surface area (Å²) in [4.78, 5) is 18.5. The minimum absolute atomic E-state index is 0.183. The number of anilines is 1. The van der Waals surface area contributed by atoms with Gasteiger partial charge >= 0.3 is 0 Å². The van der Waals surface area contributed by atoms with Crippen molar-refractivity contribution in [2.75, 3.05) is 54.1 Å². The highest BCUT2D eigenvalue weighted by Gasteiger charge is 2.28. The van der Waals surface area contributed by atoms with Gasteiger partial charge in [-0.05, 0) is 79.1 Å². The second kappa shape index (κ2) is 19.4. The number of hydrogen-bond acceptors (Lipinski definition) is 11. The molecule has 0 radical (unpaired) electrons. The van der Waals surface area contributed by atoms with Gasteiger partial charge in [0.05, 0.1) is 60.0 Å². The van der Waals surface area contributed by atoms with Gasteiger partial charge in [-0.15, -0.1) is 0 Å². The lowest BCUT2D eigenvalue weighted by Gasteiger charge is -2.28. The highest BCUT2D eigenvalue weighted by Crippen LogP contribution is 2.43. The van der Waals surface area contributed by atoms with Crippen molar-refractivity contribution in [1.29, 1.82) is 0 Å². The molecule has 0 spiro atoms. The normalized spacial score (nSPS) is 15.8. The summed E-state index contributed by atoms with van der Waals surface area (Å²) < 4.78 is 40.0. The van der Waals surface area contributed by atoms with Crippen LogP contribution in [0.25, 0.3) is 0 Å².